The number of para-hydroxylation sites is 1. The lowest BCUT2D eigenvalue weighted by molar-refractivity contribution is -0.108. The highest BCUT2D eigenvalue weighted by molar-refractivity contribution is 6.08. The van der Waals surface area contributed by atoms with Crippen LogP contribution in [-0.4, -0.2) is 28.9 Å². The highest BCUT2D eigenvalue weighted by Crippen LogP contribution is 2.30. The minimum Gasteiger partial charge on any atom is -0.332 e. The molecule has 5 nitrogen and oxygen atoms in total. The van der Waals surface area contributed by atoms with Crippen LogP contribution in [0.4, 0.5) is 0 Å². The van der Waals surface area contributed by atoms with Gasteiger partial charge in [0.1, 0.15) is 6.29 Å². The standard InChI is InChI=1S/C18H22N4O/c19-8-3-4-9-20-13-16-18-15(7-10-21-16)14-5-1-2-6-17(14)22(18)11-12-23/h1-2,5-7,10,12,20H,3-4,8-9,11,13,19H2. The van der Waals surface area contributed by atoms with Crippen molar-refractivity contribution in [1.29, 1.82) is 0 Å². The molecule has 2 aromatic heterocycles. The van der Waals surface area contributed by atoms with Crippen LogP contribution in [0, 0.1) is 0 Å². The summed E-state index contributed by atoms with van der Waals surface area (Å²) in [7, 11) is 0. The first kappa shape index (κ1) is 15.6. The van der Waals surface area contributed by atoms with E-state index >= 15 is 0 Å². The molecular formula is C18H22N4O. The Bertz CT molecular complexity index is 809. The number of nitrogens with one attached hydrogen (secondary N) is 1. The Hall–Kier alpha value is -2.24. The van der Waals surface area contributed by atoms with Gasteiger partial charge in [-0.05, 0) is 38.1 Å². The smallest absolute Gasteiger partial charge is 0.139 e. The Morgan fingerprint density at radius 1 is 1.17 bits per heavy atom. The quantitative estimate of drug-likeness (QED) is 0.494. The van der Waals surface area contributed by atoms with Gasteiger partial charge in [-0.3, -0.25) is 4.98 Å². The first-order valence-corrected chi connectivity index (χ1v) is 8.06. The average Bonchev–Trinajstić information content (AvgIpc) is 2.90. The van der Waals surface area contributed by atoms with E-state index in [0.717, 1.165) is 59.7 Å². The van der Waals surface area contributed by atoms with Crippen LogP contribution in [0.3, 0.4) is 0 Å². The molecular weight excluding hydrogens is 288 g/mol. The van der Waals surface area contributed by atoms with Crippen LogP contribution < -0.4 is 11.1 Å². The number of rotatable bonds is 8. The first-order chi connectivity index (χ1) is 11.4. The van der Waals surface area contributed by atoms with Crippen molar-refractivity contribution in [2.45, 2.75) is 25.9 Å². The maximum Gasteiger partial charge on any atom is 0.139 e. The fraction of sp³-hybridized carbons (Fsp3) is 0.333. The fourth-order valence-electron chi connectivity index (χ4n) is 3.07. The van der Waals surface area contributed by atoms with Gasteiger partial charge >= 0.3 is 0 Å². The molecule has 0 bridgehead atoms. The maximum atomic E-state index is 11.1. The fourth-order valence-corrected chi connectivity index (χ4v) is 3.07. The van der Waals surface area contributed by atoms with Gasteiger partial charge in [0, 0.05) is 29.0 Å². The second-order valence-corrected chi connectivity index (χ2v) is 5.62. The van der Waals surface area contributed by atoms with E-state index in [9.17, 15) is 4.79 Å². The van der Waals surface area contributed by atoms with Crippen LogP contribution in [0.15, 0.2) is 36.5 Å². The molecule has 0 aliphatic heterocycles. The molecule has 120 valence electrons. The van der Waals surface area contributed by atoms with Gasteiger partial charge in [0.15, 0.2) is 0 Å². The van der Waals surface area contributed by atoms with E-state index in [0.29, 0.717) is 13.1 Å². The highest BCUT2D eigenvalue weighted by Gasteiger charge is 2.13. The molecule has 3 rings (SSSR count). The zero-order valence-electron chi connectivity index (χ0n) is 13.2. The lowest BCUT2D eigenvalue weighted by Gasteiger charge is -2.08. The van der Waals surface area contributed by atoms with Crippen LogP contribution in [0.5, 0.6) is 0 Å². The Morgan fingerprint density at radius 2 is 2.04 bits per heavy atom. The molecule has 0 aliphatic rings. The van der Waals surface area contributed by atoms with Crippen LogP contribution in [0.2, 0.25) is 0 Å². The van der Waals surface area contributed by atoms with Crippen LogP contribution in [-0.2, 0) is 17.9 Å². The summed E-state index contributed by atoms with van der Waals surface area (Å²) < 4.78 is 2.06. The van der Waals surface area contributed by atoms with E-state index in [2.05, 4.69) is 27.0 Å². The van der Waals surface area contributed by atoms with Gasteiger partial charge in [-0.2, -0.15) is 0 Å². The number of aldehydes is 1. The number of benzene rings is 1. The van der Waals surface area contributed by atoms with Gasteiger partial charge in [0.05, 0.1) is 17.8 Å². The molecule has 1 aromatic carbocycles. The molecule has 0 spiro atoms. The SMILES string of the molecule is NCCCCNCc1nccc2c3ccccc3n(CC=O)c12. The molecule has 0 amide bonds. The molecule has 23 heavy (non-hydrogen) atoms. The molecule has 0 fully saturated rings. The van der Waals surface area contributed by atoms with Crippen molar-refractivity contribution in [1.82, 2.24) is 14.9 Å². The minimum atomic E-state index is 0.343. The highest BCUT2D eigenvalue weighted by atomic mass is 16.1. The molecule has 0 radical (unpaired) electrons. The molecule has 0 saturated heterocycles. The number of aromatic nitrogens is 2. The number of pyridine rings is 1. The largest absolute Gasteiger partial charge is 0.332 e. The summed E-state index contributed by atoms with van der Waals surface area (Å²) in [4.78, 5) is 15.7. The Kier molecular flexibility index (Phi) is 5.00. The second kappa shape index (κ2) is 7.35. The monoisotopic (exact) mass is 310 g/mol. The van der Waals surface area contributed by atoms with Gasteiger partial charge in [0.25, 0.3) is 0 Å². The molecule has 0 unspecified atom stereocenters. The predicted octanol–water partition coefficient (Wildman–Crippen LogP) is 2.22. The van der Waals surface area contributed by atoms with Crippen molar-refractivity contribution in [3.8, 4) is 0 Å². The Balaban J connectivity index is 1.99. The third-order valence-electron chi connectivity index (χ3n) is 4.11. The number of nitrogens with two attached hydrogens (primary N) is 1. The number of carbonyl (C=O) groups excluding carboxylic acids is 1. The number of carbonyl (C=O) groups is 1. The van der Waals surface area contributed by atoms with E-state index < -0.39 is 0 Å². The van der Waals surface area contributed by atoms with E-state index in [1.807, 2.05) is 24.4 Å². The minimum absolute atomic E-state index is 0.343. The normalized spacial score (nSPS) is 11.3. The van der Waals surface area contributed by atoms with E-state index in [-0.39, 0.29) is 0 Å². The molecule has 3 aromatic rings. The van der Waals surface area contributed by atoms with Gasteiger partial charge in [0.2, 0.25) is 0 Å². The summed E-state index contributed by atoms with van der Waals surface area (Å²) in [6.45, 7) is 2.68. The number of unbranched alkanes of at least 4 members (excludes halogenated alkanes) is 1. The third kappa shape index (κ3) is 3.11. The lowest BCUT2D eigenvalue weighted by atomic mass is 10.1. The molecule has 2 heterocycles. The third-order valence-corrected chi connectivity index (χ3v) is 4.11. The van der Waals surface area contributed by atoms with Crippen LogP contribution in [0.1, 0.15) is 18.5 Å². The lowest BCUT2D eigenvalue weighted by Crippen LogP contribution is -2.17. The van der Waals surface area contributed by atoms with Crippen molar-refractivity contribution in [2.24, 2.45) is 5.73 Å². The van der Waals surface area contributed by atoms with Crippen molar-refractivity contribution in [3.05, 3.63) is 42.2 Å². The summed E-state index contributed by atoms with van der Waals surface area (Å²) in [5, 5.41) is 5.73. The molecule has 0 aliphatic carbocycles. The van der Waals surface area contributed by atoms with Crippen LogP contribution >= 0.6 is 0 Å². The summed E-state index contributed by atoms with van der Waals surface area (Å²) in [5.41, 5.74) is 8.62. The Morgan fingerprint density at radius 3 is 2.87 bits per heavy atom. The summed E-state index contributed by atoms with van der Waals surface area (Å²) in [5.74, 6) is 0. The summed E-state index contributed by atoms with van der Waals surface area (Å²) >= 11 is 0. The van der Waals surface area contributed by atoms with E-state index in [4.69, 9.17) is 5.73 Å². The zero-order chi connectivity index (χ0) is 16.1. The number of fused-ring (bicyclic) bond motifs is 3. The number of hydrogen-bond acceptors (Lipinski definition) is 4. The summed E-state index contributed by atoms with van der Waals surface area (Å²) in [6.07, 6.45) is 4.87. The van der Waals surface area contributed by atoms with Crippen molar-refractivity contribution >= 4 is 28.1 Å². The molecule has 0 saturated carbocycles. The van der Waals surface area contributed by atoms with Crippen molar-refractivity contribution in [2.75, 3.05) is 13.1 Å². The van der Waals surface area contributed by atoms with Gasteiger partial charge < -0.3 is 20.4 Å². The first-order valence-electron chi connectivity index (χ1n) is 8.06. The van der Waals surface area contributed by atoms with E-state index in [1.165, 1.54) is 0 Å². The number of nitrogens with zero attached hydrogens (tertiary/aromatic N) is 2. The van der Waals surface area contributed by atoms with Gasteiger partial charge in [-0.25, -0.2) is 0 Å². The molecule has 3 N–H and O–H groups in total. The van der Waals surface area contributed by atoms with Crippen molar-refractivity contribution < 1.29 is 4.79 Å². The summed E-state index contributed by atoms with van der Waals surface area (Å²) in [6, 6.07) is 10.2. The average molecular weight is 310 g/mol. The molecule has 5 heteroatoms. The maximum absolute atomic E-state index is 11.1. The van der Waals surface area contributed by atoms with Gasteiger partial charge in [-0.1, -0.05) is 18.2 Å². The van der Waals surface area contributed by atoms with Crippen molar-refractivity contribution in [3.63, 3.8) is 0 Å². The van der Waals surface area contributed by atoms with Gasteiger partial charge in [-0.15, -0.1) is 0 Å². The zero-order valence-corrected chi connectivity index (χ0v) is 13.2. The Labute approximate surface area is 135 Å². The van der Waals surface area contributed by atoms with E-state index in [1.54, 1.807) is 0 Å². The molecule has 0 atom stereocenters. The second-order valence-electron chi connectivity index (χ2n) is 5.62. The van der Waals surface area contributed by atoms with Crippen LogP contribution in [0.25, 0.3) is 21.8 Å². The topological polar surface area (TPSA) is 72.9 Å². The number of hydrogen-bond donors (Lipinski definition) is 2. The predicted molar refractivity (Wildman–Crippen MR) is 93.3 cm³/mol.